The van der Waals surface area contributed by atoms with Gasteiger partial charge < -0.3 is 14.2 Å². The topological polar surface area (TPSA) is 78.9 Å². The fourth-order valence-corrected chi connectivity index (χ4v) is 9.49. The third kappa shape index (κ3) is 68.2. The molecule has 0 saturated heterocycles. The maximum Gasteiger partial charge on any atom is 0.306 e. The lowest BCUT2D eigenvalue weighted by Gasteiger charge is -2.18. The lowest BCUT2D eigenvalue weighted by Crippen LogP contribution is -2.30. The summed E-state index contributed by atoms with van der Waals surface area (Å²) in [6.45, 7) is 6.37. The van der Waals surface area contributed by atoms with Gasteiger partial charge in [-0.2, -0.15) is 0 Å². The second kappa shape index (κ2) is 70.0. The zero-order valence-electron chi connectivity index (χ0n) is 54.2. The van der Waals surface area contributed by atoms with E-state index in [1.165, 1.54) is 135 Å². The molecular weight excluding hydrogens is 1020 g/mol. The van der Waals surface area contributed by atoms with E-state index in [0.29, 0.717) is 19.3 Å². The van der Waals surface area contributed by atoms with E-state index in [1.807, 2.05) is 0 Å². The van der Waals surface area contributed by atoms with Gasteiger partial charge in [0.2, 0.25) is 0 Å². The summed E-state index contributed by atoms with van der Waals surface area (Å²) in [7, 11) is 0. The molecule has 0 aromatic heterocycles. The van der Waals surface area contributed by atoms with E-state index in [0.717, 1.165) is 141 Å². The number of unbranched alkanes of at least 4 members (excludes halogenated alkanes) is 29. The molecule has 0 fully saturated rings. The Morgan fingerprint density at radius 2 is 0.470 bits per heavy atom. The molecule has 0 spiro atoms. The average Bonchev–Trinajstić information content (AvgIpc) is 3.49. The van der Waals surface area contributed by atoms with Crippen molar-refractivity contribution in [2.75, 3.05) is 13.2 Å². The first-order valence-corrected chi connectivity index (χ1v) is 34.7. The molecule has 1 unspecified atom stereocenters. The van der Waals surface area contributed by atoms with E-state index in [4.69, 9.17) is 14.2 Å². The summed E-state index contributed by atoms with van der Waals surface area (Å²) < 4.78 is 16.9. The van der Waals surface area contributed by atoms with Crippen molar-refractivity contribution in [1.82, 2.24) is 0 Å². The fraction of sp³-hybridized carbons (Fsp3) is 0.675. The molecule has 6 heteroatoms. The normalized spacial score (nSPS) is 13.0. The molecule has 0 aliphatic rings. The molecule has 0 radical (unpaired) electrons. The number of allylic oxidation sites excluding steroid dienone is 22. The maximum absolute atomic E-state index is 12.9. The van der Waals surface area contributed by atoms with Gasteiger partial charge in [-0.15, -0.1) is 0 Å². The Balaban J connectivity index is 4.23. The van der Waals surface area contributed by atoms with Crippen LogP contribution in [0.1, 0.15) is 316 Å². The number of hydrogen-bond donors (Lipinski definition) is 0. The molecule has 0 rings (SSSR count). The monoisotopic (exact) mass is 1150 g/mol. The number of carbonyl (C=O) groups excluding carboxylic acids is 3. The molecule has 1 atom stereocenters. The zero-order chi connectivity index (χ0) is 59.9. The molecule has 0 amide bonds. The summed E-state index contributed by atoms with van der Waals surface area (Å²) in [4.78, 5) is 38.4. The van der Waals surface area contributed by atoms with Crippen LogP contribution in [0.25, 0.3) is 0 Å². The summed E-state index contributed by atoms with van der Waals surface area (Å²) in [5.74, 6) is -0.930. The minimum Gasteiger partial charge on any atom is -0.462 e. The third-order valence-electron chi connectivity index (χ3n) is 14.6. The second-order valence-electron chi connectivity index (χ2n) is 22.7. The van der Waals surface area contributed by atoms with Gasteiger partial charge in [0.15, 0.2) is 6.10 Å². The largest absolute Gasteiger partial charge is 0.462 e. The molecule has 0 aliphatic heterocycles. The highest BCUT2D eigenvalue weighted by atomic mass is 16.6. The first-order valence-electron chi connectivity index (χ1n) is 34.7. The molecule has 472 valence electrons. The highest BCUT2D eigenvalue weighted by molar-refractivity contribution is 5.71. The number of rotatable bonds is 62. The Hall–Kier alpha value is -4.45. The third-order valence-corrected chi connectivity index (χ3v) is 14.6. The lowest BCUT2D eigenvalue weighted by atomic mass is 10.0. The zero-order valence-corrected chi connectivity index (χ0v) is 54.2. The van der Waals surface area contributed by atoms with Crippen molar-refractivity contribution in [1.29, 1.82) is 0 Å². The molecular formula is C77H128O6. The van der Waals surface area contributed by atoms with Crippen LogP contribution in [0.4, 0.5) is 0 Å². The van der Waals surface area contributed by atoms with Gasteiger partial charge >= 0.3 is 17.9 Å². The van der Waals surface area contributed by atoms with E-state index in [9.17, 15) is 14.4 Å². The molecule has 0 saturated carbocycles. The van der Waals surface area contributed by atoms with Gasteiger partial charge in [-0.1, -0.05) is 296 Å². The summed E-state index contributed by atoms with van der Waals surface area (Å²) in [5.41, 5.74) is 0. The van der Waals surface area contributed by atoms with Crippen molar-refractivity contribution < 1.29 is 28.6 Å². The van der Waals surface area contributed by atoms with Gasteiger partial charge in [0, 0.05) is 19.3 Å². The van der Waals surface area contributed by atoms with E-state index >= 15 is 0 Å². The maximum atomic E-state index is 12.9. The molecule has 83 heavy (non-hydrogen) atoms. The lowest BCUT2D eigenvalue weighted by molar-refractivity contribution is -0.167. The number of esters is 3. The molecule has 6 nitrogen and oxygen atoms in total. The number of ether oxygens (including phenoxy) is 3. The molecule has 0 aliphatic carbocycles. The van der Waals surface area contributed by atoms with Gasteiger partial charge in [-0.3, -0.25) is 14.4 Å². The van der Waals surface area contributed by atoms with Crippen molar-refractivity contribution in [3.05, 3.63) is 134 Å². The standard InChI is InChI=1S/C77H128O6/c1-4-7-10-13-16-19-22-25-27-29-31-32-33-34-35-36-37-38-39-40-41-42-43-44-46-47-49-52-55-58-61-64-67-70-76(79)82-73-74(72-81-75(78)69-66-63-60-57-54-51-24-21-18-15-12-9-6-3)83-77(80)71-68-65-62-59-56-53-50-48-45-30-28-26-23-20-17-14-11-8-5-2/h7,9-10,12,16-21,25-28,31-32,34-35,45,48,51,54,74H,4-6,8,11,13-15,22-24,29-30,33,36-44,46-47,49-50,52-53,55-73H2,1-3H3/b10-7-,12-9-,19-16-,20-17-,21-18-,27-25-,28-26-,32-31-,35-34-,48-45-,54-51-. The number of carbonyl (C=O) groups is 3. The molecule has 0 heterocycles. The van der Waals surface area contributed by atoms with Crippen molar-refractivity contribution in [3.8, 4) is 0 Å². The van der Waals surface area contributed by atoms with Crippen LogP contribution >= 0.6 is 0 Å². The van der Waals surface area contributed by atoms with Gasteiger partial charge in [-0.25, -0.2) is 0 Å². The smallest absolute Gasteiger partial charge is 0.306 e. The van der Waals surface area contributed by atoms with Gasteiger partial charge in [0.05, 0.1) is 0 Å². The molecule has 0 bridgehead atoms. The van der Waals surface area contributed by atoms with Crippen LogP contribution in [0.3, 0.4) is 0 Å². The van der Waals surface area contributed by atoms with E-state index in [-0.39, 0.29) is 31.1 Å². The van der Waals surface area contributed by atoms with Crippen molar-refractivity contribution in [3.63, 3.8) is 0 Å². The molecule has 0 aromatic rings. The average molecular weight is 1150 g/mol. The summed E-state index contributed by atoms with van der Waals surface area (Å²) in [6, 6.07) is 0. The van der Waals surface area contributed by atoms with E-state index in [1.54, 1.807) is 0 Å². The van der Waals surface area contributed by atoms with Gasteiger partial charge in [0.1, 0.15) is 13.2 Å². The Morgan fingerprint density at radius 3 is 0.747 bits per heavy atom. The van der Waals surface area contributed by atoms with E-state index < -0.39 is 6.10 Å². The van der Waals surface area contributed by atoms with Crippen LogP contribution < -0.4 is 0 Å². The predicted octanol–water partition coefficient (Wildman–Crippen LogP) is 24.1. The van der Waals surface area contributed by atoms with Crippen LogP contribution in [0.15, 0.2) is 134 Å². The quantitative estimate of drug-likeness (QED) is 0.0261. The van der Waals surface area contributed by atoms with Crippen LogP contribution in [0.2, 0.25) is 0 Å². The Labute approximate surface area is 513 Å². The van der Waals surface area contributed by atoms with Crippen molar-refractivity contribution >= 4 is 17.9 Å². The fourth-order valence-electron chi connectivity index (χ4n) is 9.49. The predicted molar refractivity (Wildman–Crippen MR) is 362 cm³/mol. The van der Waals surface area contributed by atoms with Gasteiger partial charge in [-0.05, 0) is 135 Å². The minimum atomic E-state index is -0.801. The summed E-state index contributed by atoms with van der Waals surface area (Å²) in [5, 5.41) is 0. The first kappa shape index (κ1) is 78.5. The highest BCUT2D eigenvalue weighted by Crippen LogP contribution is 2.17. The first-order chi connectivity index (χ1) is 41.0. The van der Waals surface area contributed by atoms with Crippen LogP contribution in [-0.4, -0.2) is 37.2 Å². The SMILES string of the molecule is CC/C=C\C/C=C\C/C=C\C/C=C\C/C=C\CCCCCCCCCCCCCCCCCCCC(=O)OCC(COC(=O)CCCCC/C=C\C/C=C\C/C=C\CC)OC(=O)CCCCCCCC/C=C\C/C=C\C/C=C\CCCCC. The van der Waals surface area contributed by atoms with Crippen LogP contribution in [0.5, 0.6) is 0 Å². The summed E-state index contributed by atoms with van der Waals surface area (Å²) >= 11 is 0. The summed E-state index contributed by atoms with van der Waals surface area (Å²) in [6.07, 6.45) is 99.1. The number of hydrogen-bond acceptors (Lipinski definition) is 6. The molecule has 0 aromatic carbocycles. The van der Waals surface area contributed by atoms with Gasteiger partial charge in [0.25, 0.3) is 0 Å². The Bertz CT molecular complexity index is 1750. The van der Waals surface area contributed by atoms with E-state index in [2.05, 4.69) is 154 Å². The highest BCUT2D eigenvalue weighted by Gasteiger charge is 2.19. The Morgan fingerprint density at radius 1 is 0.253 bits per heavy atom. The second-order valence-corrected chi connectivity index (χ2v) is 22.7. The molecule has 0 N–H and O–H groups in total. The minimum absolute atomic E-state index is 0.0937. The van der Waals surface area contributed by atoms with Crippen molar-refractivity contribution in [2.45, 2.75) is 322 Å². The van der Waals surface area contributed by atoms with Crippen LogP contribution in [0, 0.1) is 0 Å². The van der Waals surface area contributed by atoms with Crippen molar-refractivity contribution in [2.24, 2.45) is 0 Å². The Kier molecular flexibility index (Phi) is 66.3. The van der Waals surface area contributed by atoms with Crippen LogP contribution in [-0.2, 0) is 28.6 Å².